The number of anilines is 1. The Morgan fingerprint density at radius 3 is 2.44 bits per heavy atom. The lowest BCUT2D eigenvalue weighted by atomic mass is 10.4. The smallest absolute Gasteiger partial charge is 0.250 e. The number of nitrogen functional groups attached to an aromatic ring is 1. The van der Waals surface area contributed by atoms with Crippen LogP contribution in [0.4, 0.5) is 5.69 Å². The lowest BCUT2D eigenvalue weighted by Crippen LogP contribution is -2.37. The molecule has 2 unspecified atom stereocenters. The number of hydrogen-bond donors (Lipinski definition) is 1. The second-order valence-electron chi connectivity index (χ2n) is 4.77. The second-order valence-corrected chi connectivity index (χ2v) is 4.77. The Morgan fingerprint density at radius 2 is 1.78 bits per heavy atom. The number of aromatic nitrogens is 1. The summed E-state index contributed by atoms with van der Waals surface area (Å²) < 4.78 is 1.42. The Morgan fingerprint density at radius 1 is 1.11 bits per heavy atom. The molecule has 0 spiro atoms. The Balaban J connectivity index is 1.72. The third-order valence-corrected chi connectivity index (χ3v) is 3.53. The van der Waals surface area contributed by atoms with E-state index in [0.29, 0.717) is 18.7 Å². The van der Waals surface area contributed by atoms with Gasteiger partial charge in [0.1, 0.15) is 0 Å². The van der Waals surface area contributed by atoms with E-state index >= 15 is 0 Å². The highest BCUT2D eigenvalue weighted by molar-refractivity contribution is 6.08. The summed E-state index contributed by atoms with van der Waals surface area (Å²) >= 11 is 0. The lowest BCUT2D eigenvalue weighted by Gasteiger charge is -2.17. The zero-order valence-electron chi connectivity index (χ0n) is 9.70. The van der Waals surface area contributed by atoms with Crippen LogP contribution in [-0.2, 0) is 16.1 Å². The quantitative estimate of drug-likeness (QED) is 0.725. The van der Waals surface area contributed by atoms with Crippen molar-refractivity contribution in [3.8, 4) is 0 Å². The molecule has 6 nitrogen and oxygen atoms in total. The molecule has 0 bridgehead atoms. The van der Waals surface area contributed by atoms with Crippen molar-refractivity contribution in [2.45, 2.75) is 13.0 Å². The number of hydrogen-bond acceptors (Lipinski definition) is 4. The molecule has 0 aromatic carbocycles. The average Bonchev–Trinajstić information content (AvgIpc) is 3.08. The van der Waals surface area contributed by atoms with Crippen LogP contribution in [-0.4, -0.2) is 27.8 Å². The van der Waals surface area contributed by atoms with Crippen molar-refractivity contribution < 1.29 is 9.59 Å². The van der Waals surface area contributed by atoms with Crippen molar-refractivity contribution in [3.05, 3.63) is 28.7 Å². The van der Waals surface area contributed by atoms with Gasteiger partial charge < -0.3 is 10.3 Å². The van der Waals surface area contributed by atoms with E-state index in [-0.39, 0.29) is 35.8 Å². The van der Waals surface area contributed by atoms with Crippen LogP contribution in [0.1, 0.15) is 6.42 Å². The van der Waals surface area contributed by atoms with Crippen molar-refractivity contribution >= 4 is 17.5 Å². The fourth-order valence-electron chi connectivity index (χ4n) is 2.40. The molecule has 3 rings (SSSR count). The number of imide groups is 1. The Hall–Kier alpha value is -2.11. The van der Waals surface area contributed by atoms with Crippen molar-refractivity contribution in [1.29, 1.82) is 0 Å². The topological polar surface area (TPSA) is 85.4 Å². The van der Waals surface area contributed by atoms with E-state index in [9.17, 15) is 14.4 Å². The van der Waals surface area contributed by atoms with Crippen LogP contribution >= 0.6 is 0 Å². The van der Waals surface area contributed by atoms with Crippen molar-refractivity contribution in [2.24, 2.45) is 11.8 Å². The van der Waals surface area contributed by atoms with Crippen LogP contribution in [0.2, 0.25) is 0 Å². The average molecular weight is 247 g/mol. The Kier molecular flexibility index (Phi) is 2.26. The minimum absolute atomic E-state index is 0.0879. The number of pyridine rings is 1. The van der Waals surface area contributed by atoms with Gasteiger partial charge in [0.2, 0.25) is 11.8 Å². The first-order valence-corrected chi connectivity index (χ1v) is 5.89. The van der Waals surface area contributed by atoms with Gasteiger partial charge in [0.25, 0.3) is 5.56 Å². The Labute approximate surface area is 103 Å². The molecule has 1 aromatic rings. The molecule has 6 heteroatoms. The van der Waals surface area contributed by atoms with Gasteiger partial charge in [-0.3, -0.25) is 19.3 Å². The van der Waals surface area contributed by atoms with Crippen molar-refractivity contribution in [2.75, 3.05) is 12.3 Å². The number of piperidine rings is 1. The van der Waals surface area contributed by atoms with Gasteiger partial charge in [0, 0.05) is 31.0 Å². The van der Waals surface area contributed by atoms with E-state index in [0.717, 1.165) is 0 Å². The fourth-order valence-corrected chi connectivity index (χ4v) is 2.40. The summed E-state index contributed by atoms with van der Waals surface area (Å²) in [7, 11) is 0. The summed E-state index contributed by atoms with van der Waals surface area (Å²) in [5.41, 5.74) is 5.88. The molecule has 2 fully saturated rings. The molecule has 0 radical (unpaired) electrons. The first kappa shape index (κ1) is 11.0. The van der Waals surface area contributed by atoms with E-state index in [2.05, 4.69) is 0 Å². The molecule has 1 aliphatic carbocycles. The first-order chi connectivity index (χ1) is 8.58. The summed E-state index contributed by atoms with van der Waals surface area (Å²) in [6.45, 7) is 0.537. The highest BCUT2D eigenvalue weighted by Gasteiger charge is 2.58. The summed E-state index contributed by atoms with van der Waals surface area (Å²) in [6, 6.07) is 2.90. The maximum absolute atomic E-state index is 11.7. The number of carbonyl (C=O) groups is 2. The van der Waals surface area contributed by atoms with Gasteiger partial charge in [-0.25, -0.2) is 0 Å². The molecule has 94 valence electrons. The van der Waals surface area contributed by atoms with Crippen LogP contribution in [0.3, 0.4) is 0 Å². The third kappa shape index (κ3) is 1.61. The first-order valence-electron chi connectivity index (χ1n) is 5.89. The molecule has 2 atom stereocenters. The second kappa shape index (κ2) is 3.69. The largest absolute Gasteiger partial charge is 0.398 e. The lowest BCUT2D eigenvalue weighted by molar-refractivity contribution is -0.141. The summed E-state index contributed by atoms with van der Waals surface area (Å²) in [5.74, 6) is -0.367. The summed E-state index contributed by atoms with van der Waals surface area (Å²) in [5, 5.41) is 0. The maximum Gasteiger partial charge on any atom is 0.250 e. The zero-order chi connectivity index (χ0) is 12.9. The van der Waals surface area contributed by atoms with Crippen LogP contribution in [0.15, 0.2) is 23.1 Å². The Bertz CT molecular complexity index is 572. The number of likely N-dealkylation sites (tertiary alicyclic amines) is 1. The maximum atomic E-state index is 11.7. The zero-order valence-corrected chi connectivity index (χ0v) is 9.70. The molecule has 18 heavy (non-hydrogen) atoms. The molecule has 2 heterocycles. The van der Waals surface area contributed by atoms with Crippen LogP contribution in [0.5, 0.6) is 0 Å². The normalized spacial score (nSPS) is 25.4. The third-order valence-electron chi connectivity index (χ3n) is 3.53. The van der Waals surface area contributed by atoms with E-state index in [1.54, 1.807) is 0 Å². The van der Waals surface area contributed by atoms with Crippen LogP contribution < -0.4 is 11.3 Å². The van der Waals surface area contributed by atoms with E-state index < -0.39 is 0 Å². The van der Waals surface area contributed by atoms with E-state index in [4.69, 9.17) is 5.73 Å². The van der Waals surface area contributed by atoms with Gasteiger partial charge in [0.05, 0.1) is 11.8 Å². The molecule has 1 saturated heterocycles. The molecule has 2 amide bonds. The SMILES string of the molecule is Nc1ccc(=O)n(CCN2C(=O)C3CC3C2=O)c1. The van der Waals surface area contributed by atoms with Crippen molar-refractivity contribution in [1.82, 2.24) is 9.47 Å². The van der Waals surface area contributed by atoms with Gasteiger partial charge in [0.15, 0.2) is 0 Å². The van der Waals surface area contributed by atoms with Gasteiger partial charge in [-0.1, -0.05) is 0 Å². The molecule has 2 N–H and O–H groups in total. The van der Waals surface area contributed by atoms with Gasteiger partial charge >= 0.3 is 0 Å². The van der Waals surface area contributed by atoms with Gasteiger partial charge in [-0.15, -0.1) is 0 Å². The minimum Gasteiger partial charge on any atom is -0.398 e. The predicted molar refractivity (Wildman–Crippen MR) is 63.4 cm³/mol. The number of carbonyl (C=O) groups excluding carboxylic acids is 2. The number of rotatable bonds is 3. The van der Waals surface area contributed by atoms with Crippen LogP contribution in [0, 0.1) is 11.8 Å². The van der Waals surface area contributed by atoms with E-state index in [1.165, 1.54) is 27.8 Å². The van der Waals surface area contributed by atoms with Gasteiger partial charge in [-0.05, 0) is 12.5 Å². The molecule has 1 saturated carbocycles. The summed E-state index contributed by atoms with van der Waals surface area (Å²) in [6.07, 6.45) is 2.22. The van der Waals surface area contributed by atoms with Crippen molar-refractivity contribution in [3.63, 3.8) is 0 Å². The standard InChI is InChI=1S/C12H13N3O3/c13-7-1-2-10(16)14(6-7)3-4-15-11(17)8-5-9(8)12(15)18/h1-2,6,8-9H,3-5,13H2. The molecule has 1 aliphatic heterocycles. The van der Waals surface area contributed by atoms with E-state index in [1.807, 2.05) is 0 Å². The molecule has 1 aromatic heterocycles. The minimum atomic E-state index is -0.187. The predicted octanol–water partition coefficient (Wildman–Crippen LogP) is -0.565. The fraction of sp³-hybridized carbons (Fsp3) is 0.417. The molecule has 2 aliphatic rings. The summed E-state index contributed by atoms with van der Waals surface area (Å²) in [4.78, 5) is 36.2. The van der Waals surface area contributed by atoms with Gasteiger partial charge in [-0.2, -0.15) is 0 Å². The van der Waals surface area contributed by atoms with Crippen LogP contribution in [0.25, 0.3) is 0 Å². The monoisotopic (exact) mass is 247 g/mol. The molecular weight excluding hydrogens is 234 g/mol. The number of fused-ring (bicyclic) bond motifs is 1. The number of nitrogens with two attached hydrogens (primary N) is 1. The number of amides is 2. The number of nitrogens with zero attached hydrogens (tertiary/aromatic N) is 2. The molecular formula is C12H13N3O3. The highest BCUT2D eigenvalue weighted by Crippen LogP contribution is 2.46. The highest BCUT2D eigenvalue weighted by atomic mass is 16.2.